The number of likely N-dealkylation sites (N-methyl/N-ethyl adjacent to an activating group) is 1. The van der Waals surface area contributed by atoms with Gasteiger partial charge in [0.15, 0.2) is 0 Å². The number of benzene rings is 1. The summed E-state index contributed by atoms with van der Waals surface area (Å²) >= 11 is 0. The number of amides is 2. The van der Waals surface area contributed by atoms with Crippen LogP contribution in [-0.2, 0) is 9.59 Å². The molecule has 5 nitrogen and oxygen atoms in total. The van der Waals surface area contributed by atoms with Crippen LogP contribution in [0.1, 0.15) is 97.8 Å². The molecular formula is C30H47N3O2. The zero-order chi connectivity index (χ0) is 25.2. The molecule has 1 aliphatic heterocycles. The molecule has 1 aromatic rings. The van der Waals surface area contributed by atoms with E-state index in [1.165, 1.54) is 64.2 Å². The third-order valence-corrected chi connectivity index (χ3v) is 7.76. The zero-order valence-corrected chi connectivity index (χ0v) is 22.5. The third kappa shape index (κ3) is 7.42. The van der Waals surface area contributed by atoms with E-state index in [0.29, 0.717) is 12.5 Å². The molecule has 1 N–H and O–H groups in total. The molecule has 2 aliphatic rings. The minimum atomic E-state index is -0.240. The van der Waals surface area contributed by atoms with Gasteiger partial charge < -0.3 is 15.1 Å². The van der Waals surface area contributed by atoms with Gasteiger partial charge in [-0.25, -0.2) is 0 Å². The number of rotatable bonds is 9. The highest BCUT2D eigenvalue weighted by Gasteiger charge is 2.36. The minimum Gasteiger partial charge on any atom is -0.309 e. The standard InChI is InChI=1S/C30H47N3O2/c1-5-6-10-17-26(20-25-15-11-8-7-9-12-16-25)21-27(31-4)30(35)32-22-23(2)33(24(3)34)29-19-14-13-18-28(29)32/h13-14,18-20,23,26-27,31H,5-12,15-17,21-22H2,1-4H3/t23-,26?,27?/m0/s1. The van der Waals surface area contributed by atoms with Gasteiger partial charge in [0.2, 0.25) is 11.8 Å². The van der Waals surface area contributed by atoms with Crippen LogP contribution in [0.15, 0.2) is 35.9 Å². The summed E-state index contributed by atoms with van der Waals surface area (Å²) in [6.45, 7) is 6.40. The number of unbranched alkanes of at least 4 members (excludes halogenated alkanes) is 2. The van der Waals surface area contributed by atoms with E-state index in [9.17, 15) is 9.59 Å². The number of hydrogen-bond acceptors (Lipinski definition) is 3. The molecule has 2 unspecified atom stereocenters. The Hall–Kier alpha value is -2.14. The number of nitrogens with one attached hydrogen (secondary N) is 1. The molecule has 0 radical (unpaired) electrons. The Morgan fingerprint density at radius 3 is 2.34 bits per heavy atom. The van der Waals surface area contributed by atoms with Gasteiger partial charge in [-0.2, -0.15) is 0 Å². The van der Waals surface area contributed by atoms with Crippen LogP contribution in [0.25, 0.3) is 0 Å². The van der Waals surface area contributed by atoms with Crippen molar-refractivity contribution in [2.45, 2.75) is 110 Å². The van der Waals surface area contributed by atoms with E-state index < -0.39 is 0 Å². The topological polar surface area (TPSA) is 52.7 Å². The molecule has 194 valence electrons. The molecule has 0 bridgehead atoms. The van der Waals surface area contributed by atoms with E-state index in [1.54, 1.807) is 12.5 Å². The lowest BCUT2D eigenvalue weighted by molar-refractivity contribution is -0.121. The lowest BCUT2D eigenvalue weighted by Crippen LogP contribution is -2.55. The SMILES string of the molecule is CCCCCC(C=C1CCCCCCC1)CC(NC)C(=O)N1C[C@H](C)N(C(C)=O)c2ccccc21. The fourth-order valence-corrected chi connectivity index (χ4v) is 5.88. The number of nitrogens with zero attached hydrogens (tertiary/aromatic N) is 2. The van der Waals surface area contributed by atoms with Crippen LogP contribution in [0.5, 0.6) is 0 Å². The van der Waals surface area contributed by atoms with Crippen LogP contribution in [0, 0.1) is 5.92 Å². The van der Waals surface area contributed by atoms with Crippen LogP contribution in [0.2, 0.25) is 0 Å². The summed E-state index contributed by atoms with van der Waals surface area (Å²) in [6.07, 6.45) is 17.3. The molecule has 0 spiro atoms. The van der Waals surface area contributed by atoms with Crippen LogP contribution < -0.4 is 15.1 Å². The first-order chi connectivity index (χ1) is 17.0. The second-order valence-electron chi connectivity index (χ2n) is 10.6. The number of allylic oxidation sites excluding steroid dienone is 2. The van der Waals surface area contributed by atoms with Gasteiger partial charge in [0.25, 0.3) is 0 Å². The van der Waals surface area contributed by atoms with E-state index in [2.05, 4.69) is 18.3 Å². The van der Waals surface area contributed by atoms with Gasteiger partial charge in [-0.15, -0.1) is 0 Å². The highest BCUT2D eigenvalue weighted by Crippen LogP contribution is 2.36. The Labute approximate surface area is 213 Å². The van der Waals surface area contributed by atoms with Gasteiger partial charge in [0.05, 0.1) is 23.5 Å². The second kappa shape index (κ2) is 13.8. The molecule has 3 rings (SSSR count). The van der Waals surface area contributed by atoms with Crippen molar-refractivity contribution < 1.29 is 9.59 Å². The fraction of sp³-hybridized carbons (Fsp3) is 0.667. The van der Waals surface area contributed by atoms with Gasteiger partial charge in [0.1, 0.15) is 0 Å². The molecule has 5 heteroatoms. The van der Waals surface area contributed by atoms with Crippen molar-refractivity contribution in [2.75, 3.05) is 23.4 Å². The lowest BCUT2D eigenvalue weighted by Gasteiger charge is -2.42. The molecule has 3 atom stereocenters. The monoisotopic (exact) mass is 481 g/mol. The predicted octanol–water partition coefficient (Wildman–Crippen LogP) is 6.62. The normalized spacial score (nSPS) is 20.5. The smallest absolute Gasteiger partial charge is 0.244 e. The first-order valence-corrected chi connectivity index (χ1v) is 14.0. The quantitative estimate of drug-likeness (QED) is 0.318. The summed E-state index contributed by atoms with van der Waals surface area (Å²) in [7, 11) is 1.91. The van der Waals surface area contributed by atoms with E-state index >= 15 is 0 Å². The molecule has 0 aromatic heterocycles. The molecule has 1 aromatic carbocycles. The molecule has 1 fully saturated rings. The predicted molar refractivity (Wildman–Crippen MR) is 147 cm³/mol. The van der Waals surface area contributed by atoms with E-state index in [-0.39, 0.29) is 23.9 Å². The minimum absolute atomic E-state index is 0.0176. The number of carbonyl (C=O) groups is 2. The summed E-state index contributed by atoms with van der Waals surface area (Å²) < 4.78 is 0. The zero-order valence-electron chi connectivity index (χ0n) is 22.5. The van der Waals surface area contributed by atoms with Crippen molar-refractivity contribution >= 4 is 23.2 Å². The first kappa shape index (κ1) is 27.4. The van der Waals surface area contributed by atoms with Crippen LogP contribution in [-0.4, -0.2) is 37.5 Å². The van der Waals surface area contributed by atoms with Gasteiger partial charge in [-0.3, -0.25) is 9.59 Å². The maximum absolute atomic E-state index is 13.9. The Bertz CT molecular complexity index is 855. The van der Waals surface area contributed by atoms with Crippen molar-refractivity contribution in [3.8, 4) is 0 Å². The maximum atomic E-state index is 13.9. The Morgan fingerprint density at radius 2 is 1.71 bits per heavy atom. The molecular weight excluding hydrogens is 434 g/mol. The van der Waals surface area contributed by atoms with Crippen molar-refractivity contribution in [2.24, 2.45) is 5.92 Å². The number of anilines is 2. The summed E-state index contributed by atoms with van der Waals surface area (Å²) in [6, 6.07) is 7.52. The van der Waals surface area contributed by atoms with Gasteiger partial charge in [-0.05, 0) is 70.5 Å². The number of carbonyl (C=O) groups excluding carboxylic acids is 2. The number of para-hydroxylation sites is 2. The van der Waals surface area contributed by atoms with E-state index in [1.807, 2.05) is 48.0 Å². The average molecular weight is 482 g/mol. The second-order valence-corrected chi connectivity index (χ2v) is 10.6. The molecule has 2 amide bonds. The maximum Gasteiger partial charge on any atom is 0.244 e. The van der Waals surface area contributed by atoms with Crippen molar-refractivity contribution in [3.63, 3.8) is 0 Å². The van der Waals surface area contributed by atoms with Crippen LogP contribution in [0.4, 0.5) is 11.4 Å². The van der Waals surface area contributed by atoms with E-state index in [4.69, 9.17) is 0 Å². The van der Waals surface area contributed by atoms with Gasteiger partial charge in [0, 0.05) is 13.5 Å². The third-order valence-electron chi connectivity index (χ3n) is 7.76. The Kier molecular flexibility index (Phi) is 10.8. The van der Waals surface area contributed by atoms with Crippen LogP contribution >= 0.6 is 0 Å². The number of hydrogen-bond donors (Lipinski definition) is 1. The van der Waals surface area contributed by atoms with Crippen molar-refractivity contribution in [1.29, 1.82) is 0 Å². The Morgan fingerprint density at radius 1 is 1.06 bits per heavy atom. The highest BCUT2D eigenvalue weighted by molar-refractivity contribution is 6.05. The average Bonchev–Trinajstić information content (AvgIpc) is 2.82. The molecule has 0 saturated heterocycles. The summed E-state index contributed by atoms with van der Waals surface area (Å²) in [5.41, 5.74) is 3.28. The lowest BCUT2D eigenvalue weighted by atomic mass is 9.87. The largest absolute Gasteiger partial charge is 0.309 e. The summed E-state index contributed by atoms with van der Waals surface area (Å²) in [5, 5.41) is 3.36. The number of fused-ring (bicyclic) bond motifs is 1. The first-order valence-electron chi connectivity index (χ1n) is 14.0. The Balaban J connectivity index is 1.80. The molecule has 35 heavy (non-hydrogen) atoms. The van der Waals surface area contributed by atoms with Crippen molar-refractivity contribution in [3.05, 3.63) is 35.9 Å². The van der Waals surface area contributed by atoms with Gasteiger partial charge in [-0.1, -0.05) is 69.2 Å². The van der Waals surface area contributed by atoms with Crippen LogP contribution in [0.3, 0.4) is 0 Å². The van der Waals surface area contributed by atoms with E-state index in [0.717, 1.165) is 24.2 Å². The summed E-state index contributed by atoms with van der Waals surface area (Å²) in [5.74, 6) is 0.555. The van der Waals surface area contributed by atoms with Gasteiger partial charge >= 0.3 is 0 Å². The molecule has 1 saturated carbocycles. The summed E-state index contributed by atoms with van der Waals surface area (Å²) in [4.78, 5) is 30.0. The molecule has 1 aliphatic carbocycles. The van der Waals surface area contributed by atoms with Crippen molar-refractivity contribution in [1.82, 2.24) is 5.32 Å². The fourth-order valence-electron chi connectivity index (χ4n) is 5.88. The highest BCUT2D eigenvalue weighted by atomic mass is 16.2. The molecule has 1 heterocycles.